The predicted molar refractivity (Wildman–Crippen MR) is 84.2 cm³/mol. The zero-order chi connectivity index (χ0) is 16.9. The Labute approximate surface area is 133 Å². The number of aromatic nitrogens is 1. The van der Waals surface area contributed by atoms with Crippen LogP contribution in [-0.2, 0) is 6.18 Å². The molecule has 3 N–H and O–H groups in total. The van der Waals surface area contributed by atoms with Crippen molar-refractivity contribution in [2.45, 2.75) is 25.9 Å². The molecule has 1 atom stereocenters. The van der Waals surface area contributed by atoms with Crippen molar-refractivity contribution < 1.29 is 13.2 Å². The molecular formula is C15H22F3N5. The van der Waals surface area contributed by atoms with Crippen molar-refractivity contribution in [1.29, 1.82) is 0 Å². The summed E-state index contributed by atoms with van der Waals surface area (Å²) >= 11 is 0. The molecule has 0 aliphatic carbocycles. The number of hydrogen-bond donors (Lipinski definition) is 2. The molecule has 5 nitrogen and oxygen atoms in total. The first kappa shape index (κ1) is 17.4. The third-order valence-corrected chi connectivity index (χ3v) is 3.77. The molecule has 0 bridgehead atoms. The van der Waals surface area contributed by atoms with Gasteiger partial charge in [-0.25, -0.2) is 4.98 Å². The Hall–Kier alpha value is -1.99. The number of nitrogens with one attached hydrogen (secondary N) is 1. The van der Waals surface area contributed by atoms with Gasteiger partial charge in [0.25, 0.3) is 0 Å². The van der Waals surface area contributed by atoms with Crippen molar-refractivity contribution in [3.63, 3.8) is 0 Å². The van der Waals surface area contributed by atoms with Crippen LogP contribution in [0.4, 0.5) is 19.0 Å². The van der Waals surface area contributed by atoms with Crippen molar-refractivity contribution in [1.82, 2.24) is 9.88 Å². The van der Waals surface area contributed by atoms with Crippen LogP contribution >= 0.6 is 0 Å². The zero-order valence-electron chi connectivity index (χ0n) is 13.1. The van der Waals surface area contributed by atoms with E-state index in [9.17, 15) is 13.2 Å². The molecule has 0 radical (unpaired) electrons. The molecule has 1 aromatic heterocycles. The van der Waals surface area contributed by atoms with Crippen molar-refractivity contribution in [3.8, 4) is 0 Å². The summed E-state index contributed by atoms with van der Waals surface area (Å²) < 4.78 is 38.5. The van der Waals surface area contributed by atoms with Gasteiger partial charge in [-0.15, -0.1) is 0 Å². The molecule has 1 aliphatic heterocycles. The molecule has 1 saturated heterocycles. The third-order valence-electron chi connectivity index (χ3n) is 3.77. The molecule has 128 valence electrons. The molecule has 23 heavy (non-hydrogen) atoms. The van der Waals surface area contributed by atoms with Gasteiger partial charge in [-0.3, -0.25) is 4.99 Å². The number of aliphatic imine (C=N–C) groups is 1. The minimum Gasteiger partial charge on any atom is -0.370 e. The van der Waals surface area contributed by atoms with Crippen LogP contribution in [0.3, 0.4) is 0 Å². The number of rotatable bonds is 4. The maximum absolute atomic E-state index is 12.8. The molecule has 1 aromatic rings. The number of alkyl halides is 3. The van der Waals surface area contributed by atoms with Gasteiger partial charge in [0.2, 0.25) is 0 Å². The van der Waals surface area contributed by atoms with Gasteiger partial charge in [-0.05, 0) is 30.9 Å². The van der Waals surface area contributed by atoms with E-state index in [2.05, 4.69) is 22.2 Å². The largest absolute Gasteiger partial charge is 0.419 e. The van der Waals surface area contributed by atoms with E-state index in [1.54, 1.807) is 0 Å². The average molecular weight is 329 g/mol. The lowest BCUT2D eigenvalue weighted by atomic mass is 10.0. The molecule has 2 rings (SSSR count). The van der Waals surface area contributed by atoms with Crippen LogP contribution < -0.4 is 11.1 Å². The summed E-state index contributed by atoms with van der Waals surface area (Å²) in [6.07, 6.45) is -0.836. The Bertz CT molecular complexity index is 544. The highest BCUT2D eigenvalue weighted by Gasteiger charge is 2.33. The average Bonchev–Trinajstić information content (AvgIpc) is 2.51. The predicted octanol–water partition coefficient (Wildman–Crippen LogP) is 2.56. The molecule has 1 fully saturated rings. The first-order valence-corrected chi connectivity index (χ1v) is 7.69. The topological polar surface area (TPSA) is 66.5 Å². The second-order valence-electron chi connectivity index (χ2n) is 5.76. The minimum absolute atomic E-state index is 0.180. The van der Waals surface area contributed by atoms with E-state index < -0.39 is 11.7 Å². The summed E-state index contributed by atoms with van der Waals surface area (Å²) in [5, 5.41) is 2.67. The summed E-state index contributed by atoms with van der Waals surface area (Å²) in [5.41, 5.74) is 5.17. The molecule has 0 saturated carbocycles. The molecular weight excluding hydrogens is 307 g/mol. The van der Waals surface area contributed by atoms with Gasteiger partial charge in [0.15, 0.2) is 5.96 Å². The summed E-state index contributed by atoms with van der Waals surface area (Å²) in [6.45, 7) is 4.46. The van der Waals surface area contributed by atoms with Crippen LogP contribution in [0.2, 0.25) is 0 Å². The van der Waals surface area contributed by atoms with Gasteiger partial charge in [0.1, 0.15) is 5.82 Å². The Morgan fingerprint density at radius 1 is 1.52 bits per heavy atom. The molecule has 0 aromatic carbocycles. The fraction of sp³-hybridized carbons (Fsp3) is 0.600. The number of nitrogens with zero attached hydrogens (tertiary/aromatic N) is 3. The van der Waals surface area contributed by atoms with Gasteiger partial charge in [-0.2, -0.15) is 13.2 Å². The van der Waals surface area contributed by atoms with Crippen molar-refractivity contribution in [3.05, 3.63) is 23.9 Å². The Balaban J connectivity index is 1.87. The number of pyridine rings is 1. The van der Waals surface area contributed by atoms with E-state index in [0.29, 0.717) is 18.4 Å². The number of likely N-dealkylation sites (tertiary alicyclic amines) is 1. The van der Waals surface area contributed by atoms with Crippen molar-refractivity contribution >= 4 is 11.8 Å². The van der Waals surface area contributed by atoms with Crippen LogP contribution in [-0.4, -0.2) is 42.0 Å². The molecule has 0 amide bonds. The van der Waals surface area contributed by atoms with E-state index >= 15 is 0 Å². The number of anilines is 1. The fourth-order valence-corrected chi connectivity index (χ4v) is 2.62. The maximum Gasteiger partial charge on any atom is 0.419 e. The second-order valence-corrected chi connectivity index (χ2v) is 5.76. The number of halogens is 3. The molecule has 0 spiro atoms. The van der Waals surface area contributed by atoms with E-state index in [-0.39, 0.29) is 12.4 Å². The van der Waals surface area contributed by atoms with E-state index in [4.69, 9.17) is 5.73 Å². The van der Waals surface area contributed by atoms with Crippen molar-refractivity contribution in [2.75, 3.05) is 31.5 Å². The lowest BCUT2D eigenvalue weighted by Gasteiger charge is -2.31. The SMILES string of the molecule is CC1CCCN(C(N)=NCCNc2ncccc2C(F)(F)F)C1. The van der Waals surface area contributed by atoms with Gasteiger partial charge < -0.3 is 16.0 Å². The standard InChI is InChI=1S/C15H22F3N5/c1-11-4-3-9-23(10-11)14(19)22-8-7-21-13-12(15(16,17)18)5-2-6-20-13/h2,5-6,11H,3-4,7-10H2,1H3,(H2,19,22)(H,20,21). The quantitative estimate of drug-likeness (QED) is 0.506. The lowest BCUT2D eigenvalue weighted by molar-refractivity contribution is -0.137. The highest BCUT2D eigenvalue weighted by molar-refractivity contribution is 5.78. The summed E-state index contributed by atoms with van der Waals surface area (Å²) in [4.78, 5) is 10.0. The van der Waals surface area contributed by atoms with E-state index in [1.165, 1.54) is 18.7 Å². The molecule has 1 aliphatic rings. The van der Waals surface area contributed by atoms with Gasteiger partial charge >= 0.3 is 6.18 Å². The minimum atomic E-state index is -4.43. The fourth-order valence-electron chi connectivity index (χ4n) is 2.62. The van der Waals surface area contributed by atoms with Crippen LogP contribution in [0.1, 0.15) is 25.3 Å². The Morgan fingerprint density at radius 2 is 2.30 bits per heavy atom. The van der Waals surface area contributed by atoms with Crippen LogP contribution in [0.15, 0.2) is 23.3 Å². The first-order chi connectivity index (χ1) is 10.9. The number of hydrogen-bond acceptors (Lipinski definition) is 3. The van der Waals surface area contributed by atoms with Crippen LogP contribution in [0.5, 0.6) is 0 Å². The maximum atomic E-state index is 12.8. The first-order valence-electron chi connectivity index (χ1n) is 7.69. The summed E-state index contributed by atoms with van der Waals surface area (Å²) in [5.74, 6) is 0.856. The smallest absolute Gasteiger partial charge is 0.370 e. The second kappa shape index (κ2) is 7.52. The number of piperidine rings is 1. The zero-order valence-corrected chi connectivity index (χ0v) is 13.1. The molecule has 2 heterocycles. The van der Waals surface area contributed by atoms with Gasteiger partial charge in [0.05, 0.1) is 12.1 Å². The third kappa shape index (κ3) is 5.01. The summed E-state index contributed by atoms with van der Waals surface area (Å²) in [7, 11) is 0. The molecule has 8 heteroatoms. The van der Waals surface area contributed by atoms with E-state index in [1.807, 2.05) is 4.90 Å². The lowest BCUT2D eigenvalue weighted by Crippen LogP contribution is -2.43. The number of nitrogens with two attached hydrogens (primary N) is 1. The number of guanidine groups is 1. The van der Waals surface area contributed by atoms with Crippen LogP contribution in [0, 0.1) is 5.92 Å². The normalized spacial score (nSPS) is 19.7. The highest BCUT2D eigenvalue weighted by atomic mass is 19.4. The van der Waals surface area contributed by atoms with Gasteiger partial charge in [0, 0.05) is 25.8 Å². The van der Waals surface area contributed by atoms with E-state index in [0.717, 1.165) is 25.6 Å². The van der Waals surface area contributed by atoms with Crippen LogP contribution in [0.25, 0.3) is 0 Å². The monoisotopic (exact) mass is 329 g/mol. The van der Waals surface area contributed by atoms with Crippen molar-refractivity contribution in [2.24, 2.45) is 16.6 Å². The molecule has 1 unspecified atom stereocenters. The highest BCUT2D eigenvalue weighted by Crippen LogP contribution is 2.33. The van der Waals surface area contributed by atoms with Gasteiger partial charge in [-0.1, -0.05) is 6.92 Å². The summed E-state index contributed by atoms with van der Waals surface area (Å²) in [6, 6.07) is 2.27. The Morgan fingerprint density at radius 3 is 3.00 bits per heavy atom. The Kier molecular flexibility index (Phi) is 5.68.